The van der Waals surface area contributed by atoms with Crippen molar-refractivity contribution in [1.29, 1.82) is 0 Å². The van der Waals surface area contributed by atoms with Gasteiger partial charge < -0.3 is 33.2 Å². The van der Waals surface area contributed by atoms with E-state index in [0.717, 1.165) is 36.0 Å². The highest BCUT2D eigenvalue weighted by atomic mass is 16.7. The van der Waals surface area contributed by atoms with Gasteiger partial charge in [0.1, 0.15) is 11.7 Å². The topological polar surface area (TPSA) is 150 Å². The predicted molar refractivity (Wildman–Crippen MR) is 195 cm³/mol. The molecule has 3 aromatic carbocycles. The Morgan fingerprint density at radius 2 is 0.981 bits per heavy atom. The van der Waals surface area contributed by atoms with Crippen molar-refractivity contribution in [1.82, 2.24) is 0 Å². The smallest absolute Gasteiger partial charge is 0.333 e. The van der Waals surface area contributed by atoms with Crippen molar-refractivity contribution in [2.24, 2.45) is 0 Å². The number of carbonyl (C=O) groups excluding carboxylic acids is 5. The van der Waals surface area contributed by atoms with Gasteiger partial charge in [-0.1, -0.05) is 112 Å². The number of hydrogen-bond acceptors (Lipinski definition) is 12. The first kappa shape index (κ1) is 41.4. The van der Waals surface area contributed by atoms with Gasteiger partial charge in [0, 0.05) is 31.4 Å². The zero-order valence-corrected chi connectivity index (χ0v) is 31.1. The van der Waals surface area contributed by atoms with Crippen molar-refractivity contribution in [3.05, 3.63) is 120 Å². The maximum Gasteiger partial charge on any atom is 0.333 e. The summed E-state index contributed by atoms with van der Waals surface area (Å²) in [5.41, 5.74) is 1.06. The lowest BCUT2D eigenvalue weighted by atomic mass is 9.80. The molecule has 0 saturated carbocycles. The van der Waals surface area contributed by atoms with Crippen LogP contribution >= 0.6 is 0 Å². The molecule has 1 unspecified atom stereocenters. The fourth-order valence-corrected chi connectivity index (χ4v) is 6.09. The highest BCUT2D eigenvalue weighted by Gasteiger charge is 2.54. The Balaban J connectivity index is 1.87. The molecule has 0 amide bonds. The fourth-order valence-electron chi connectivity index (χ4n) is 6.09. The molecular formula is C42H48O12. The van der Waals surface area contributed by atoms with E-state index in [1.807, 2.05) is 91.0 Å². The second kappa shape index (κ2) is 20.8. The monoisotopic (exact) mass is 744 g/mol. The molecule has 5 atom stereocenters. The highest BCUT2D eigenvalue weighted by molar-refractivity contribution is 5.91. The quantitative estimate of drug-likeness (QED) is 0.0638. The molecule has 1 aliphatic rings. The zero-order chi connectivity index (χ0) is 38.9. The zero-order valence-electron chi connectivity index (χ0n) is 31.1. The van der Waals surface area contributed by atoms with Gasteiger partial charge in [-0.2, -0.15) is 0 Å². The summed E-state index contributed by atoms with van der Waals surface area (Å²) < 4.78 is 41.4. The van der Waals surface area contributed by atoms with Gasteiger partial charge in [-0.25, -0.2) is 9.59 Å². The minimum atomic E-state index is -1.70. The summed E-state index contributed by atoms with van der Waals surface area (Å²) in [6.07, 6.45) is -4.42. The molecule has 288 valence electrons. The molecule has 0 radical (unpaired) electrons. The summed E-state index contributed by atoms with van der Waals surface area (Å²) in [5.74, 6) is -3.85. The van der Waals surface area contributed by atoms with Crippen LogP contribution in [0.25, 0.3) is 0 Å². The lowest BCUT2D eigenvalue weighted by Gasteiger charge is -2.45. The van der Waals surface area contributed by atoms with Crippen molar-refractivity contribution in [2.75, 3.05) is 13.7 Å². The van der Waals surface area contributed by atoms with E-state index in [4.69, 9.17) is 28.4 Å². The summed E-state index contributed by atoms with van der Waals surface area (Å²) in [4.78, 5) is 64.3. The van der Waals surface area contributed by atoms with E-state index in [9.17, 15) is 24.0 Å². The van der Waals surface area contributed by atoms with Gasteiger partial charge >= 0.3 is 29.8 Å². The van der Waals surface area contributed by atoms with Crippen LogP contribution < -0.4 is 0 Å². The molecule has 0 aliphatic carbocycles. The van der Waals surface area contributed by atoms with E-state index in [1.54, 1.807) is 20.8 Å². The standard InChI is InChI=1S/C42H48O12/c1-5-17-34(44)51-38-32(28-49-42(29-20-11-8-12-21-29,30-22-13-9-14-23-30)31-24-15-10-16-25-31)50-41(54-37(47)27-26-33(43)48-4)40(53-36(46)19-7-3)39(38)52-35(45)18-6-2/h8-16,20-27,32,38-41H,5-7,17-19,28H2,1-4H3/b27-26+/t32-,38-,39+,40-,41?/m1/s1. The Kier molecular flexibility index (Phi) is 15.9. The maximum atomic E-state index is 13.2. The molecule has 54 heavy (non-hydrogen) atoms. The summed E-state index contributed by atoms with van der Waals surface area (Å²) in [6, 6.07) is 28.6. The largest absolute Gasteiger partial charge is 0.466 e. The second-order valence-corrected chi connectivity index (χ2v) is 12.5. The second-order valence-electron chi connectivity index (χ2n) is 12.5. The van der Waals surface area contributed by atoms with Crippen molar-refractivity contribution >= 4 is 29.8 Å². The van der Waals surface area contributed by atoms with E-state index in [1.165, 1.54) is 0 Å². The molecule has 0 aromatic heterocycles. The first-order valence-corrected chi connectivity index (χ1v) is 18.2. The lowest BCUT2D eigenvalue weighted by molar-refractivity contribution is -0.303. The van der Waals surface area contributed by atoms with Gasteiger partial charge in [-0.3, -0.25) is 14.4 Å². The average Bonchev–Trinajstić information content (AvgIpc) is 3.18. The van der Waals surface area contributed by atoms with Crippen LogP contribution in [0.2, 0.25) is 0 Å². The Labute approximate surface area is 315 Å². The van der Waals surface area contributed by atoms with Gasteiger partial charge in [0.2, 0.25) is 12.4 Å². The summed E-state index contributed by atoms with van der Waals surface area (Å²) >= 11 is 0. The van der Waals surface area contributed by atoms with Crippen LogP contribution in [-0.4, -0.2) is 74.3 Å². The summed E-state index contributed by atoms with van der Waals surface area (Å²) in [7, 11) is 1.14. The van der Waals surface area contributed by atoms with Crippen LogP contribution in [0.3, 0.4) is 0 Å². The van der Waals surface area contributed by atoms with Crippen LogP contribution in [0, 0.1) is 0 Å². The number of methoxy groups -OCH3 is 1. The number of benzene rings is 3. The van der Waals surface area contributed by atoms with Crippen LogP contribution in [0.1, 0.15) is 76.0 Å². The first-order chi connectivity index (χ1) is 26.2. The minimum Gasteiger partial charge on any atom is -0.466 e. The number of rotatable bonds is 18. The van der Waals surface area contributed by atoms with Gasteiger partial charge in [-0.05, 0) is 36.0 Å². The molecule has 3 aromatic rings. The molecule has 1 aliphatic heterocycles. The van der Waals surface area contributed by atoms with Crippen LogP contribution in [0.4, 0.5) is 0 Å². The minimum absolute atomic E-state index is 0.00473. The first-order valence-electron chi connectivity index (χ1n) is 18.2. The fraction of sp³-hybridized carbons (Fsp3) is 0.405. The van der Waals surface area contributed by atoms with Crippen molar-refractivity contribution in [3.63, 3.8) is 0 Å². The Morgan fingerprint density at radius 3 is 1.41 bits per heavy atom. The third kappa shape index (κ3) is 10.9. The van der Waals surface area contributed by atoms with Crippen molar-refractivity contribution in [3.8, 4) is 0 Å². The SMILES string of the molecule is CCCC(=O)O[C@H]1[C@H](OC(=O)CCC)[C@@H](OC(=O)CCC)C(OC(=O)/C=C/C(=O)OC)O[C@@H]1COC(c1ccccc1)(c1ccccc1)c1ccccc1. The number of hydrogen-bond donors (Lipinski definition) is 0. The molecule has 1 fully saturated rings. The van der Waals surface area contributed by atoms with Crippen molar-refractivity contribution in [2.45, 2.75) is 95.6 Å². The van der Waals surface area contributed by atoms with Gasteiger partial charge in [0.15, 0.2) is 12.2 Å². The van der Waals surface area contributed by atoms with Crippen molar-refractivity contribution < 1.29 is 57.1 Å². The number of carbonyl (C=O) groups is 5. The predicted octanol–water partition coefficient (Wildman–Crippen LogP) is 6.13. The molecule has 12 nitrogen and oxygen atoms in total. The van der Waals surface area contributed by atoms with Crippen LogP contribution in [-0.2, 0) is 62.7 Å². The molecular weight excluding hydrogens is 696 g/mol. The Bertz CT molecular complexity index is 1600. The van der Waals surface area contributed by atoms with Gasteiger partial charge in [-0.15, -0.1) is 0 Å². The normalized spacial score (nSPS) is 19.7. The summed E-state index contributed by atoms with van der Waals surface area (Å²) in [5, 5.41) is 0. The van der Waals surface area contributed by atoms with E-state index in [0.29, 0.717) is 19.3 Å². The molecule has 0 bridgehead atoms. The van der Waals surface area contributed by atoms with E-state index >= 15 is 0 Å². The van der Waals surface area contributed by atoms with Crippen LogP contribution in [0.5, 0.6) is 0 Å². The molecule has 1 saturated heterocycles. The third-order valence-corrected chi connectivity index (χ3v) is 8.55. The molecule has 1 heterocycles. The van der Waals surface area contributed by atoms with Gasteiger partial charge in [0.25, 0.3) is 0 Å². The van der Waals surface area contributed by atoms with E-state index < -0.39 is 66.2 Å². The van der Waals surface area contributed by atoms with E-state index in [2.05, 4.69) is 4.74 Å². The third-order valence-electron chi connectivity index (χ3n) is 8.55. The number of ether oxygens (including phenoxy) is 7. The van der Waals surface area contributed by atoms with Crippen LogP contribution in [0.15, 0.2) is 103 Å². The lowest BCUT2D eigenvalue weighted by Crippen LogP contribution is -2.63. The average molecular weight is 745 g/mol. The molecule has 4 rings (SSSR count). The molecule has 12 heteroatoms. The molecule has 0 N–H and O–H groups in total. The van der Waals surface area contributed by atoms with E-state index in [-0.39, 0.29) is 25.9 Å². The number of esters is 5. The summed E-state index contributed by atoms with van der Waals surface area (Å²) in [6.45, 7) is 5.05. The Morgan fingerprint density at radius 1 is 0.574 bits per heavy atom. The Hall–Kier alpha value is -5.33. The van der Waals surface area contributed by atoms with Gasteiger partial charge in [0.05, 0.1) is 13.7 Å². The highest BCUT2D eigenvalue weighted by Crippen LogP contribution is 2.41. The molecule has 0 spiro atoms. The maximum absolute atomic E-state index is 13.2.